The number of amides is 2. The van der Waals surface area contributed by atoms with Crippen molar-refractivity contribution in [3.8, 4) is 0 Å². The Balaban J connectivity index is 1.83. The Labute approximate surface area is 150 Å². The second-order valence-corrected chi connectivity index (χ2v) is 6.98. The highest BCUT2D eigenvalue weighted by Crippen LogP contribution is 2.19. The van der Waals surface area contributed by atoms with Gasteiger partial charge >= 0.3 is 0 Å². The number of hydrogen-bond donors (Lipinski definition) is 2. The van der Waals surface area contributed by atoms with Crippen molar-refractivity contribution in [2.24, 2.45) is 5.92 Å². The lowest BCUT2D eigenvalue weighted by molar-refractivity contribution is 0.0947. The Kier molecular flexibility index (Phi) is 7.64. The number of nitrogens with zero attached hydrogens (tertiary/aromatic N) is 1. The fraction of sp³-hybridized carbons (Fsp3) is 0.550. The van der Waals surface area contributed by atoms with E-state index in [1.54, 1.807) is 12.1 Å². The SMILES string of the molecule is CC(C)CCNC(=O)c1cc(C(=O)NCCC2=CCCCC2)ccn1. The molecule has 5 heteroatoms. The molecule has 0 saturated heterocycles. The van der Waals surface area contributed by atoms with Crippen LogP contribution in [0.4, 0.5) is 0 Å². The van der Waals surface area contributed by atoms with Gasteiger partial charge in [-0.15, -0.1) is 0 Å². The summed E-state index contributed by atoms with van der Waals surface area (Å²) in [6.45, 7) is 5.46. The summed E-state index contributed by atoms with van der Waals surface area (Å²) in [5, 5.41) is 5.77. The molecule has 136 valence electrons. The number of pyridine rings is 1. The maximum atomic E-state index is 12.3. The van der Waals surface area contributed by atoms with E-state index in [4.69, 9.17) is 0 Å². The van der Waals surface area contributed by atoms with E-state index in [2.05, 4.69) is 35.5 Å². The topological polar surface area (TPSA) is 71.1 Å². The highest BCUT2D eigenvalue weighted by molar-refractivity contribution is 5.98. The van der Waals surface area contributed by atoms with Crippen molar-refractivity contribution in [1.29, 1.82) is 0 Å². The molecule has 1 aliphatic carbocycles. The molecule has 0 aromatic carbocycles. The van der Waals surface area contributed by atoms with E-state index in [0.717, 1.165) is 25.7 Å². The van der Waals surface area contributed by atoms with Crippen LogP contribution < -0.4 is 10.6 Å². The Morgan fingerprint density at radius 2 is 1.96 bits per heavy atom. The predicted molar refractivity (Wildman–Crippen MR) is 99.5 cm³/mol. The van der Waals surface area contributed by atoms with Crippen LogP contribution in [0.5, 0.6) is 0 Å². The van der Waals surface area contributed by atoms with Crippen molar-refractivity contribution < 1.29 is 9.59 Å². The molecule has 2 N–H and O–H groups in total. The molecule has 0 fully saturated rings. The third-order valence-corrected chi connectivity index (χ3v) is 4.38. The maximum absolute atomic E-state index is 12.3. The molecule has 1 heterocycles. The average molecular weight is 343 g/mol. The molecule has 1 aromatic rings. The van der Waals surface area contributed by atoms with Crippen LogP contribution in [0.1, 0.15) is 73.2 Å². The average Bonchev–Trinajstić information content (AvgIpc) is 2.62. The van der Waals surface area contributed by atoms with Crippen molar-refractivity contribution in [2.45, 2.75) is 52.4 Å². The summed E-state index contributed by atoms with van der Waals surface area (Å²) < 4.78 is 0. The summed E-state index contributed by atoms with van der Waals surface area (Å²) in [4.78, 5) is 28.5. The Hall–Kier alpha value is -2.17. The fourth-order valence-corrected chi connectivity index (χ4v) is 2.83. The quantitative estimate of drug-likeness (QED) is 0.710. The normalized spacial score (nSPS) is 14.1. The minimum atomic E-state index is -0.234. The van der Waals surface area contributed by atoms with E-state index in [1.807, 2.05) is 0 Å². The second-order valence-electron chi connectivity index (χ2n) is 6.98. The van der Waals surface area contributed by atoms with Crippen molar-refractivity contribution in [2.75, 3.05) is 13.1 Å². The van der Waals surface area contributed by atoms with E-state index in [-0.39, 0.29) is 17.5 Å². The zero-order valence-electron chi connectivity index (χ0n) is 15.3. The molecule has 2 amide bonds. The second kappa shape index (κ2) is 9.97. The van der Waals surface area contributed by atoms with Gasteiger partial charge < -0.3 is 10.6 Å². The largest absolute Gasteiger partial charge is 0.352 e. The molecule has 5 nitrogen and oxygen atoms in total. The lowest BCUT2D eigenvalue weighted by Gasteiger charge is -2.13. The van der Waals surface area contributed by atoms with Crippen LogP contribution in [-0.2, 0) is 0 Å². The zero-order valence-corrected chi connectivity index (χ0v) is 15.3. The number of nitrogens with one attached hydrogen (secondary N) is 2. The highest BCUT2D eigenvalue weighted by Gasteiger charge is 2.12. The van der Waals surface area contributed by atoms with Crippen molar-refractivity contribution in [3.63, 3.8) is 0 Å². The molecule has 1 aromatic heterocycles. The van der Waals surface area contributed by atoms with Gasteiger partial charge in [0.2, 0.25) is 0 Å². The number of carbonyl (C=O) groups is 2. The lowest BCUT2D eigenvalue weighted by atomic mass is 9.97. The van der Waals surface area contributed by atoms with Crippen LogP contribution in [0.25, 0.3) is 0 Å². The van der Waals surface area contributed by atoms with Crippen molar-refractivity contribution >= 4 is 11.8 Å². The molecule has 0 radical (unpaired) electrons. The fourth-order valence-electron chi connectivity index (χ4n) is 2.83. The predicted octanol–water partition coefficient (Wildman–Crippen LogP) is 3.48. The van der Waals surface area contributed by atoms with E-state index in [0.29, 0.717) is 24.6 Å². The summed E-state index contributed by atoms with van der Waals surface area (Å²) in [6, 6.07) is 3.19. The first-order valence-corrected chi connectivity index (χ1v) is 9.26. The van der Waals surface area contributed by atoms with Gasteiger partial charge in [0.05, 0.1) is 0 Å². The van der Waals surface area contributed by atoms with E-state index in [1.165, 1.54) is 24.6 Å². The summed E-state index contributed by atoms with van der Waals surface area (Å²) in [5.74, 6) is 0.141. The summed E-state index contributed by atoms with van der Waals surface area (Å²) in [6.07, 6.45) is 10.4. The van der Waals surface area contributed by atoms with Gasteiger partial charge in [0.25, 0.3) is 11.8 Å². The minimum Gasteiger partial charge on any atom is -0.352 e. The van der Waals surface area contributed by atoms with Crippen LogP contribution in [-0.4, -0.2) is 29.9 Å². The van der Waals surface area contributed by atoms with Crippen molar-refractivity contribution in [3.05, 3.63) is 41.2 Å². The van der Waals surface area contributed by atoms with Crippen LogP contribution in [0.15, 0.2) is 30.0 Å². The first kappa shape index (κ1) is 19.2. The number of aromatic nitrogens is 1. The van der Waals surface area contributed by atoms with E-state index >= 15 is 0 Å². The Morgan fingerprint density at radius 3 is 2.68 bits per heavy atom. The molecule has 0 unspecified atom stereocenters. The van der Waals surface area contributed by atoms with Gasteiger partial charge in [-0.25, -0.2) is 0 Å². The van der Waals surface area contributed by atoms with Crippen LogP contribution in [0.2, 0.25) is 0 Å². The molecular weight excluding hydrogens is 314 g/mol. The third-order valence-electron chi connectivity index (χ3n) is 4.38. The molecule has 0 saturated carbocycles. The molecule has 0 aliphatic heterocycles. The van der Waals surface area contributed by atoms with Gasteiger partial charge in [-0.1, -0.05) is 25.5 Å². The van der Waals surface area contributed by atoms with Gasteiger partial charge in [-0.05, 0) is 56.6 Å². The number of hydrogen-bond acceptors (Lipinski definition) is 3. The molecule has 0 atom stereocenters. The van der Waals surface area contributed by atoms with Crippen LogP contribution >= 0.6 is 0 Å². The first-order valence-electron chi connectivity index (χ1n) is 9.26. The minimum absolute atomic E-state index is 0.157. The lowest BCUT2D eigenvalue weighted by Crippen LogP contribution is -2.28. The van der Waals surface area contributed by atoms with Gasteiger partial charge in [0.1, 0.15) is 5.69 Å². The highest BCUT2D eigenvalue weighted by atomic mass is 16.2. The number of rotatable bonds is 8. The molecule has 2 rings (SSSR count). The summed E-state index contributed by atoms with van der Waals surface area (Å²) in [7, 11) is 0. The van der Waals surface area contributed by atoms with Crippen molar-refractivity contribution in [1.82, 2.24) is 15.6 Å². The molecule has 0 bridgehead atoms. The molecule has 1 aliphatic rings. The monoisotopic (exact) mass is 343 g/mol. The number of carbonyl (C=O) groups excluding carboxylic acids is 2. The Morgan fingerprint density at radius 1 is 1.16 bits per heavy atom. The van der Waals surface area contributed by atoms with Gasteiger partial charge in [0.15, 0.2) is 0 Å². The van der Waals surface area contributed by atoms with Crippen LogP contribution in [0, 0.1) is 5.92 Å². The van der Waals surface area contributed by atoms with Gasteiger partial charge in [-0.2, -0.15) is 0 Å². The van der Waals surface area contributed by atoms with E-state index in [9.17, 15) is 9.59 Å². The maximum Gasteiger partial charge on any atom is 0.269 e. The summed E-state index contributed by atoms with van der Waals surface area (Å²) in [5.41, 5.74) is 2.19. The van der Waals surface area contributed by atoms with Crippen LogP contribution in [0.3, 0.4) is 0 Å². The first-order chi connectivity index (χ1) is 12.1. The van der Waals surface area contributed by atoms with Gasteiger partial charge in [-0.3, -0.25) is 14.6 Å². The Bertz CT molecular complexity index is 623. The van der Waals surface area contributed by atoms with Gasteiger partial charge in [0, 0.05) is 24.8 Å². The summed E-state index contributed by atoms with van der Waals surface area (Å²) >= 11 is 0. The molecule has 25 heavy (non-hydrogen) atoms. The smallest absolute Gasteiger partial charge is 0.269 e. The zero-order chi connectivity index (χ0) is 18.1. The molecule has 0 spiro atoms. The molecular formula is C20H29N3O2. The van der Waals surface area contributed by atoms with E-state index < -0.39 is 0 Å². The third kappa shape index (κ3) is 6.69. The standard InChI is InChI=1S/C20H29N3O2/c1-15(2)8-11-23-20(25)18-14-17(10-13-21-18)19(24)22-12-9-16-6-4-3-5-7-16/h6,10,13-15H,3-5,7-9,11-12H2,1-2H3,(H,22,24)(H,23,25). The number of allylic oxidation sites excluding steroid dienone is 1.